The van der Waals surface area contributed by atoms with Gasteiger partial charge in [-0.2, -0.15) is 0 Å². The summed E-state index contributed by atoms with van der Waals surface area (Å²) in [5.74, 6) is -0.427. The van der Waals surface area contributed by atoms with Crippen LogP contribution in [0.2, 0.25) is 0 Å². The van der Waals surface area contributed by atoms with Gasteiger partial charge in [-0.25, -0.2) is 0 Å². The van der Waals surface area contributed by atoms with Crippen LogP contribution in [0.4, 0.5) is 5.69 Å². The number of hydrogen-bond acceptors (Lipinski definition) is 4. The molecule has 2 atom stereocenters. The molecule has 5 heteroatoms. The Hall–Kier alpha value is -1.62. The summed E-state index contributed by atoms with van der Waals surface area (Å²) < 4.78 is 0. The lowest BCUT2D eigenvalue weighted by atomic mass is 9.98. The van der Waals surface area contributed by atoms with Gasteiger partial charge in [-0.05, 0) is 46.2 Å². The molecule has 0 radical (unpaired) electrons. The van der Waals surface area contributed by atoms with Crippen LogP contribution >= 0.6 is 0 Å². The first-order valence-corrected chi connectivity index (χ1v) is 6.77. The third-order valence-electron chi connectivity index (χ3n) is 3.68. The first-order valence-electron chi connectivity index (χ1n) is 6.77. The molecule has 104 valence electrons. The van der Waals surface area contributed by atoms with Crippen LogP contribution in [-0.2, 0) is 0 Å². The van der Waals surface area contributed by atoms with E-state index in [1.54, 1.807) is 0 Å². The number of pyridine rings is 1. The van der Waals surface area contributed by atoms with Gasteiger partial charge in [0, 0.05) is 17.8 Å². The van der Waals surface area contributed by atoms with Gasteiger partial charge in [0.1, 0.15) is 0 Å². The number of primary amides is 1. The minimum atomic E-state index is -0.427. The van der Waals surface area contributed by atoms with Crippen molar-refractivity contribution in [2.75, 3.05) is 11.9 Å². The van der Waals surface area contributed by atoms with Crippen LogP contribution in [0.25, 0.3) is 0 Å². The Morgan fingerprint density at radius 2 is 2.26 bits per heavy atom. The number of amides is 1. The van der Waals surface area contributed by atoms with Crippen molar-refractivity contribution < 1.29 is 4.79 Å². The van der Waals surface area contributed by atoms with Crippen molar-refractivity contribution in [3.05, 3.63) is 23.0 Å². The summed E-state index contributed by atoms with van der Waals surface area (Å²) in [4.78, 5) is 15.9. The lowest BCUT2D eigenvalue weighted by Gasteiger charge is -2.32. The minimum absolute atomic E-state index is 0.313. The van der Waals surface area contributed by atoms with Crippen molar-refractivity contribution in [3.8, 4) is 0 Å². The Balaban J connectivity index is 2.30. The molecule has 0 spiro atoms. The molecule has 1 amide bonds. The van der Waals surface area contributed by atoms with Crippen LogP contribution in [0.15, 0.2) is 6.07 Å². The van der Waals surface area contributed by atoms with Gasteiger partial charge in [-0.15, -0.1) is 0 Å². The molecule has 1 aliphatic heterocycles. The number of hydrogen-bond donors (Lipinski definition) is 3. The summed E-state index contributed by atoms with van der Waals surface area (Å²) in [6, 6.07) is 2.59. The van der Waals surface area contributed by atoms with Crippen LogP contribution in [0, 0.1) is 13.8 Å². The van der Waals surface area contributed by atoms with Gasteiger partial charge in [-0.3, -0.25) is 9.78 Å². The van der Waals surface area contributed by atoms with E-state index in [0.717, 1.165) is 30.8 Å². The summed E-state index contributed by atoms with van der Waals surface area (Å²) >= 11 is 0. The Morgan fingerprint density at radius 3 is 2.89 bits per heavy atom. The predicted octanol–water partition coefficient (Wildman–Crippen LogP) is 1.35. The molecule has 1 fully saturated rings. The van der Waals surface area contributed by atoms with E-state index in [1.807, 2.05) is 19.9 Å². The van der Waals surface area contributed by atoms with E-state index < -0.39 is 5.91 Å². The van der Waals surface area contributed by atoms with Crippen LogP contribution in [0.1, 0.15) is 41.5 Å². The van der Waals surface area contributed by atoms with E-state index in [4.69, 9.17) is 5.73 Å². The van der Waals surface area contributed by atoms with E-state index in [9.17, 15) is 4.79 Å². The molecular formula is C14H22N4O. The smallest absolute Gasteiger partial charge is 0.252 e. The molecular weight excluding hydrogens is 240 g/mol. The fraction of sp³-hybridized carbons (Fsp3) is 0.571. The summed E-state index contributed by atoms with van der Waals surface area (Å²) in [7, 11) is 0. The quantitative estimate of drug-likeness (QED) is 0.768. The van der Waals surface area contributed by atoms with Gasteiger partial charge in [0.05, 0.1) is 16.9 Å². The second kappa shape index (κ2) is 5.57. The van der Waals surface area contributed by atoms with Crippen LogP contribution in [-0.4, -0.2) is 29.5 Å². The molecule has 0 aliphatic carbocycles. The monoisotopic (exact) mass is 262 g/mol. The number of nitrogens with two attached hydrogens (primary N) is 1. The van der Waals surface area contributed by atoms with Gasteiger partial charge in [0.15, 0.2) is 0 Å². The molecule has 0 saturated carbocycles. The fourth-order valence-corrected chi connectivity index (χ4v) is 2.69. The predicted molar refractivity (Wildman–Crippen MR) is 76.3 cm³/mol. The van der Waals surface area contributed by atoms with Gasteiger partial charge in [0.2, 0.25) is 0 Å². The zero-order chi connectivity index (χ0) is 14.0. The number of carbonyl (C=O) groups excluding carboxylic acids is 1. The number of anilines is 1. The molecule has 2 rings (SSSR count). The summed E-state index contributed by atoms with van der Waals surface area (Å²) in [6.45, 7) is 6.95. The molecule has 19 heavy (non-hydrogen) atoms. The Kier molecular flexibility index (Phi) is 4.04. The zero-order valence-electron chi connectivity index (χ0n) is 11.8. The van der Waals surface area contributed by atoms with Crippen LogP contribution < -0.4 is 16.4 Å². The minimum Gasteiger partial charge on any atom is -0.380 e. The van der Waals surface area contributed by atoms with E-state index in [0.29, 0.717) is 23.3 Å². The van der Waals surface area contributed by atoms with Gasteiger partial charge in [0.25, 0.3) is 5.91 Å². The van der Waals surface area contributed by atoms with Crippen molar-refractivity contribution in [2.45, 2.75) is 45.7 Å². The number of piperidine rings is 1. The normalized spacial score (nSPS) is 23.1. The number of rotatable bonds is 3. The van der Waals surface area contributed by atoms with Crippen LogP contribution in [0.5, 0.6) is 0 Å². The summed E-state index contributed by atoms with van der Waals surface area (Å²) in [6.07, 6.45) is 2.23. The zero-order valence-corrected chi connectivity index (χ0v) is 11.8. The Labute approximate surface area is 114 Å². The lowest BCUT2D eigenvalue weighted by molar-refractivity contribution is 0.1000. The van der Waals surface area contributed by atoms with E-state index in [2.05, 4.69) is 22.5 Å². The number of nitrogens with zero attached hydrogens (tertiary/aromatic N) is 1. The molecule has 1 aromatic rings. The molecule has 4 N–H and O–H groups in total. The highest BCUT2D eigenvalue weighted by atomic mass is 16.1. The highest BCUT2D eigenvalue weighted by Crippen LogP contribution is 2.22. The van der Waals surface area contributed by atoms with Crippen molar-refractivity contribution in [1.29, 1.82) is 0 Å². The molecule has 1 aliphatic rings. The van der Waals surface area contributed by atoms with Crippen molar-refractivity contribution in [3.63, 3.8) is 0 Å². The number of aromatic nitrogens is 1. The SMILES string of the molecule is Cc1cc(NC2CCCNC2C)c(C(N)=O)c(C)n1. The molecule has 1 saturated heterocycles. The molecule has 5 nitrogen and oxygen atoms in total. The van der Waals surface area contributed by atoms with Gasteiger partial charge >= 0.3 is 0 Å². The summed E-state index contributed by atoms with van der Waals surface area (Å²) in [5, 5.41) is 6.89. The third kappa shape index (κ3) is 3.04. The maximum Gasteiger partial charge on any atom is 0.252 e. The highest BCUT2D eigenvalue weighted by molar-refractivity contribution is 5.99. The largest absolute Gasteiger partial charge is 0.380 e. The second-order valence-electron chi connectivity index (χ2n) is 5.27. The summed E-state index contributed by atoms with van der Waals surface area (Å²) in [5.41, 5.74) is 8.35. The first kappa shape index (κ1) is 13.8. The number of aryl methyl sites for hydroxylation is 2. The third-order valence-corrected chi connectivity index (χ3v) is 3.68. The van der Waals surface area contributed by atoms with Crippen molar-refractivity contribution in [2.24, 2.45) is 5.73 Å². The average Bonchev–Trinajstić information content (AvgIpc) is 2.30. The Morgan fingerprint density at radius 1 is 1.53 bits per heavy atom. The Bertz CT molecular complexity index is 487. The first-order chi connectivity index (χ1) is 8.99. The number of carbonyl (C=O) groups is 1. The highest BCUT2D eigenvalue weighted by Gasteiger charge is 2.23. The van der Waals surface area contributed by atoms with E-state index in [1.165, 1.54) is 0 Å². The molecule has 0 aromatic carbocycles. The van der Waals surface area contributed by atoms with E-state index >= 15 is 0 Å². The molecule has 2 heterocycles. The van der Waals surface area contributed by atoms with Crippen LogP contribution in [0.3, 0.4) is 0 Å². The maximum atomic E-state index is 11.6. The second-order valence-corrected chi connectivity index (χ2v) is 5.27. The number of nitrogens with one attached hydrogen (secondary N) is 2. The van der Waals surface area contributed by atoms with Crippen molar-refractivity contribution in [1.82, 2.24) is 10.3 Å². The lowest BCUT2D eigenvalue weighted by Crippen LogP contribution is -2.46. The fourth-order valence-electron chi connectivity index (χ4n) is 2.69. The van der Waals surface area contributed by atoms with Crippen molar-refractivity contribution >= 4 is 11.6 Å². The van der Waals surface area contributed by atoms with Gasteiger partial charge < -0.3 is 16.4 Å². The topological polar surface area (TPSA) is 80.0 Å². The average molecular weight is 262 g/mol. The standard InChI is InChI=1S/C14H22N4O/c1-8-7-12(13(14(15)19)10(3)17-8)18-11-5-4-6-16-9(11)2/h7,9,11,16H,4-6H2,1-3H3,(H2,15,19)(H,17,18). The van der Waals surface area contributed by atoms with Gasteiger partial charge in [-0.1, -0.05) is 0 Å². The molecule has 0 bridgehead atoms. The molecule has 2 unspecified atom stereocenters. The molecule has 1 aromatic heterocycles. The maximum absolute atomic E-state index is 11.6. The van der Waals surface area contributed by atoms with E-state index in [-0.39, 0.29) is 0 Å².